The minimum atomic E-state index is -0.321. The zero-order chi connectivity index (χ0) is 18.4. The van der Waals surface area contributed by atoms with E-state index in [4.69, 9.17) is 28.6 Å². The molecule has 0 unspecified atom stereocenters. The molecule has 2 aromatic rings. The second-order valence-corrected chi connectivity index (χ2v) is 6.14. The Hall–Kier alpha value is -2.03. The standard InChI is InChI=1S/C16H19ClFN5OS/c1-10(9-24-3)20-16(25)21-19-8-14-11(2)22-23(15(14)17)13-6-4-12(18)5-7-13/h4-8,10H,9H2,1-3H3,(H2,20,21,25)/b19-8-/t10-/m1/s1. The summed E-state index contributed by atoms with van der Waals surface area (Å²) in [6.45, 7) is 4.28. The summed E-state index contributed by atoms with van der Waals surface area (Å²) in [5.41, 5.74) is 4.71. The Balaban J connectivity index is 2.07. The molecule has 0 radical (unpaired) electrons. The summed E-state index contributed by atoms with van der Waals surface area (Å²) in [4.78, 5) is 0. The van der Waals surface area contributed by atoms with Gasteiger partial charge in [0.25, 0.3) is 0 Å². The lowest BCUT2D eigenvalue weighted by Gasteiger charge is -2.13. The number of hydrazone groups is 1. The van der Waals surface area contributed by atoms with E-state index in [2.05, 4.69) is 20.9 Å². The number of benzene rings is 1. The van der Waals surface area contributed by atoms with Crippen LogP contribution in [0.1, 0.15) is 18.2 Å². The Morgan fingerprint density at radius 3 is 2.80 bits per heavy atom. The van der Waals surface area contributed by atoms with Crippen LogP contribution in [-0.2, 0) is 4.74 Å². The number of rotatable bonds is 6. The predicted octanol–water partition coefficient (Wildman–Crippen LogP) is 2.81. The molecule has 1 aromatic carbocycles. The van der Waals surface area contributed by atoms with Gasteiger partial charge in [0, 0.05) is 13.2 Å². The van der Waals surface area contributed by atoms with E-state index in [9.17, 15) is 4.39 Å². The van der Waals surface area contributed by atoms with E-state index in [1.807, 2.05) is 13.8 Å². The maximum absolute atomic E-state index is 13.1. The molecule has 0 spiro atoms. The first kappa shape index (κ1) is 19.3. The molecule has 0 aliphatic carbocycles. The quantitative estimate of drug-likeness (QED) is 0.456. The van der Waals surface area contributed by atoms with Crippen molar-refractivity contribution in [3.8, 4) is 5.69 Å². The third-order valence-corrected chi connectivity index (χ3v) is 3.85. The largest absolute Gasteiger partial charge is 0.383 e. The fourth-order valence-corrected chi connectivity index (χ4v) is 2.69. The Morgan fingerprint density at radius 2 is 2.16 bits per heavy atom. The number of aryl methyl sites for hydroxylation is 1. The van der Waals surface area contributed by atoms with Crippen molar-refractivity contribution < 1.29 is 9.13 Å². The van der Waals surface area contributed by atoms with Gasteiger partial charge in [-0.3, -0.25) is 5.43 Å². The first-order valence-corrected chi connectivity index (χ1v) is 8.30. The van der Waals surface area contributed by atoms with Crippen LogP contribution in [-0.4, -0.2) is 40.9 Å². The van der Waals surface area contributed by atoms with Crippen LogP contribution in [0.5, 0.6) is 0 Å². The molecule has 0 saturated heterocycles. The molecule has 0 saturated carbocycles. The summed E-state index contributed by atoms with van der Waals surface area (Å²) < 4.78 is 19.6. The van der Waals surface area contributed by atoms with E-state index < -0.39 is 0 Å². The lowest BCUT2D eigenvalue weighted by Crippen LogP contribution is -2.40. The van der Waals surface area contributed by atoms with Crippen LogP contribution >= 0.6 is 23.8 Å². The molecule has 0 bridgehead atoms. The summed E-state index contributed by atoms with van der Waals surface area (Å²) in [5, 5.41) is 12.2. The Kier molecular flexibility index (Phi) is 6.86. The number of hydrogen-bond donors (Lipinski definition) is 2. The van der Waals surface area contributed by atoms with Gasteiger partial charge in [0.1, 0.15) is 11.0 Å². The van der Waals surface area contributed by atoms with Gasteiger partial charge >= 0.3 is 0 Å². The highest BCUT2D eigenvalue weighted by Gasteiger charge is 2.13. The lowest BCUT2D eigenvalue weighted by molar-refractivity contribution is 0.179. The number of nitrogens with one attached hydrogen (secondary N) is 2. The topological polar surface area (TPSA) is 63.5 Å². The number of nitrogens with zero attached hydrogens (tertiary/aromatic N) is 3. The van der Waals surface area contributed by atoms with Crippen LogP contribution in [0.4, 0.5) is 4.39 Å². The van der Waals surface area contributed by atoms with Crippen LogP contribution in [0.3, 0.4) is 0 Å². The van der Waals surface area contributed by atoms with Gasteiger partial charge in [-0.15, -0.1) is 0 Å². The maximum Gasteiger partial charge on any atom is 0.187 e. The van der Waals surface area contributed by atoms with Crippen LogP contribution in [0, 0.1) is 12.7 Å². The van der Waals surface area contributed by atoms with Gasteiger partial charge in [-0.25, -0.2) is 9.07 Å². The van der Waals surface area contributed by atoms with Gasteiger partial charge < -0.3 is 10.1 Å². The third-order valence-electron chi connectivity index (χ3n) is 3.27. The summed E-state index contributed by atoms with van der Waals surface area (Å²) in [6, 6.07) is 5.96. The molecule has 9 heteroatoms. The minimum Gasteiger partial charge on any atom is -0.383 e. The van der Waals surface area contributed by atoms with E-state index in [1.54, 1.807) is 25.5 Å². The summed E-state index contributed by atoms with van der Waals surface area (Å²) in [7, 11) is 1.62. The highest BCUT2D eigenvalue weighted by molar-refractivity contribution is 7.80. The average molecular weight is 384 g/mol. The summed E-state index contributed by atoms with van der Waals surface area (Å²) in [6.07, 6.45) is 1.54. The number of methoxy groups -OCH3 is 1. The fraction of sp³-hybridized carbons (Fsp3) is 0.312. The predicted molar refractivity (Wildman–Crippen MR) is 101 cm³/mol. The van der Waals surface area contributed by atoms with Crippen molar-refractivity contribution in [2.45, 2.75) is 19.9 Å². The summed E-state index contributed by atoms with van der Waals surface area (Å²) in [5.74, 6) is -0.321. The zero-order valence-electron chi connectivity index (χ0n) is 14.1. The first-order chi connectivity index (χ1) is 11.9. The smallest absolute Gasteiger partial charge is 0.187 e. The second kappa shape index (κ2) is 8.89. The maximum atomic E-state index is 13.1. The second-order valence-electron chi connectivity index (χ2n) is 5.38. The molecular formula is C16H19ClFN5OS. The van der Waals surface area contributed by atoms with Crippen molar-refractivity contribution in [3.63, 3.8) is 0 Å². The molecule has 2 N–H and O–H groups in total. The lowest BCUT2D eigenvalue weighted by atomic mass is 10.3. The monoisotopic (exact) mass is 383 g/mol. The average Bonchev–Trinajstić information content (AvgIpc) is 2.84. The number of hydrogen-bond acceptors (Lipinski definition) is 4. The Bertz CT molecular complexity index is 763. The minimum absolute atomic E-state index is 0.0618. The highest BCUT2D eigenvalue weighted by Crippen LogP contribution is 2.22. The van der Waals surface area contributed by atoms with Gasteiger partial charge in [-0.05, 0) is 50.3 Å². The molecule has 1 aromatic heterocycles. The van der Waals surface area contributed by atoms with E-state index in [-0.39, 0.29) is 11.9 Å². The molecule has 0 aliphatic heterocycles. The molecule has 0 amide bonds. The Morgan fingerprint density at radius 1 is 1.48 bits per heavy atom. The van der Waals surface area contributed by atoms with Crippen LogP contribution in [0.2, 0.25) is 5.15 Å². The molecule has 2 rings (SSSR count). The van der Waals surface area contributed by atoms with Gasteiger partial charge in [0.2, 0.25) is 0 Å². The van der Waals surface area contributed by atoms with Crippen LogP contribution in [0.25, 0.3) is 5.69 Å². The number of aromatic nitrogens is 2. The highest BCUT2D eigenvalue weighted by atomic mass is 35.5. The molecule has 1 heterocycles. The van der Waals surface area contributed by atoms with Gasteiger partial charge in [0.15, 0.2) is 5.11 Å². The van der Waals surface area contributed by atoms with E-state index >= 15 is 0 Å². The van der Waals surface area contributed by atoms with Crippen LogP contribution < -0.4 is 10.7 Å². The molecular weight excluding hydrogens is 365 g/mol. The van der Waals surface area contributed by atoms with Crippen molar-refractivity contribution in [1.82, 2.24) is 20.5 Å². The van der Waals surface area contributed by atoms with Gasteiger partial charge in [-0.2, -0.15) is 10.2 Å². The van der Waals surface area contributed by atoms with Crippen molar-refractivity contribution in [2.75, 3.05) is 13.7 Å². The molecule has 1 atom stereocenters. The van der Waals surface area contributed by atoms with Crippen molar-refractivity contribution in [3.05, 3.63) is 46.5 Å². The zero-order valence-corrected chi connectivity index (χ0v) is 15.7. The molecule has 134 valence electrons. The molecule has 25 heavy (non-hydrogen) atoms. The molecule has 0 aliphatic rings. The van der Waals surface area contributed by atoms with E-state index in [1.165, 1.54) is 16.8 Å². The van der Waals surface area contributed by atoms with E-state index in [0.29, 0.717) is 33.8 Å². The number of ether oxygens (including phenoxy) is 1. The SMILES string of the molecule is COC[C@@H](C)NC(=S)N/N=C\c1c(C)nn(-c2ccc(F)cc2)c1Cl. The normalized spacial score (nSPS) is 12.4. The first-order valence-electron chi connectivity index (χ1n) is 7.52. The van der Waals surface area contributed by atoms with Crippen molar-refractivity contribution >= 4 is 35.1 Å². The van der Waals surface area contributed by atoms with E-state index in [0.717, 1.165) is 0 Å². The van der Waals surface area contributed by atoms with Crippen LogP contribution in [0.15, 0.2) is 29.4 Å². The summed E-state index contributed by atoms with van der Waals surface area (Å²) >= 11 is 11.5. The van der Waals surface area contributed by atoms with Crippen molar-refractivity contribution in [2.24, 2.45) is 5.10 Å². The van der Waals surface area contributed by atoms with Gasteiger partial charge in [-0.1, -0.05) is 11.6 Å². The molecule has 0 fully saturated rings. The third kappa shape index (κ3) is 5.22. The van der Waals surface area contributed by atoms with Crippen molar-refractivity contribution in [1.29, 1.82) is 0 Å². The fourth-order valence-electron chi connectivity index (χ4n) is 2.11. The van der Waals surface area contributed by atoms with Gasteiger partial charge in [0.05, 0.1) is 29.8 Å². The number of thiocarbonyl (C=S) groups is 1. The molecule has 6 nitrogen and oxygen atoms in total. The Labute approximate surface area is 156 Å². The number of halogens is 2.